The van der Waals surface area contributed by atoms with Crippen molar-refractivity contribution in [3.8, 4) is 11.5 Å². The van der Waals surface area contributed by atoms with Gasteiger partial charge in [-0.3, -0.25) is 4.79 Å². The number of rotatable bonds is 8. The van der Waals surface area contributed by atoms with E-state index < -0.39 is 0 Å². The molecule has 0 heterocycles. The number of ether oxygens (including phenoxy) is 2. The minimum absolute atomic E-state index is 0.209. The van der Waals surface area contributed by atoms with Crippen LogP contribution in [-0.2, 0) is 6.61 Å². The lowest BCUT2D eigenvalue weighted by molar-refractivity contribution is 0.102. The minimum atomic E-state index is -0.209. The van der Waals surface area contributed by atoms with E-state index >= 15 is 0 Å². The normalized spacial score (nSPS) is 10.5. The molecule has 0 aliphatic heterocycles. The van der Waals surface area contributed by atoms with Gasteiger partial charge in [0.25, 0.3) is 5.91 Å². The van der Waals surface area contributed by atoms with Gasteiger partial charge in [-0.15, -0.1) is 0 Å². The molecule has 0 aliphatic rings. The molecule has 0 radical (unpaired) electrons. The molecule has 0 spiro atoms. The quantitative estimate of drug-likeness (QED) is 0.561. The van der Waals surface area contributed by atoms with Crippen LogP contribution in [0.5, 0.6) is 11.5 Å². The Morgan fingerprint density at radius 1 is 0.857 bits per heavy atom. The summed E-state index contributed by atoms with van der Waals surface area (Å²) in [6.07, 6.45) is 0. The molecule has 144 valence electrons. The molecule has 0 saturated carbocycles. The number of anilines is 1. The van der Waals surface area contributed by atoms with E-state index in [1.165, 1.54) is 0 Å². The van der Waals surface area contributed by atoms with Gasteiger partial charge < -0.3 is 14.8 Å². The summed E-state index contributed by atoms with van der Waals surface area (Å²) in [5.41, 5.74) is 2.26. The van der Waals surface area contributed by atoms with Gasteiger partial charge in [-0.2, -0.15) is 0 Å². The number of amides is 1. The number of benzene rings is 3. The molecule has 1 N–H and O–H groups in total. The van der Waals surface area contributed by atoms with Crippen LogP contribution in [0.4, 0.5) is 5.69 Å². The lowest BCUT2D eigenvalue weighted by atomic mass is 10.1. The maximum atomic E-state index is 12.7. The van der Waals surface area contributed by atoms with Crippen molar-refractivity contribution in [3.05, 3.63) is 90.0 Å². The van der Waals surface area contributed by atoms with Gasteiger partial charge >= 0.3 is 0 Å². The Hall–Kier alpha value is -3.27. The Balaban J connectivity index is 1.64. The molecule has 3 aromatic carbocycles. The molecule has 4 heteroatoms. The van der Waals surface area contributed by atoms with Crippen molar-refractivity contribution in [1.82, 2.24) is 0 Å². The molecule has 0 aromatic heterocycles. The third-order valence-electron chi connectivity index (χ3n) is 4.06. The highest BCUT2D eigenvalue weighted by Crippen LogP contribution is 2.22. The fraction of sp³-hybridized carbons (Fsp3) is 0.208. The van der Waals surface area contributed by atoms with E-state index in [2.05, 4.69) is 19.2 Å². The Kier molecular flexibility index (Phi) is 6.68. The van der Waals surface area contributed by atoms with Crippen LogP contribution < -0.4 is 14.8 Å². The maximum absolute atomic E-state index is 12.7. The number of carbonyl (C=O) groups is 1. The van der Waals surface area contributed by atoms with Crippen LogP contribution in [0.15, 0.2) is 78.9 Å². The summed E-state index contributed by atoms with van der Waals surface area (Å²) in [5.74, 6) is 1.60. The average Bonchev–Trinajstić information content (AvgIpc) is 2.72. The SMILES string of the molecule is CC(C)COc1ccc(NC(=O)c2ccccc2OCc2ccccc2)cc1. The van der Waals surface area contributed by atoms with Crippen LogP contribution >= 0.6 is 0 Å². The average molecular weight is 375 g/mol. The van der Waals surface area contributed by atoms with E-state index in [1.807, 2.05) is 66.7 Å². The van der Waals surface area contributed by atoms with Gasteiger partial charge in [0.2, 0.25) is 0 Å². The van der Waals surface area contributed by atoms with Gasteiger partial charge in [0.1, 0.15) is 18.1 Å². The fourth-order valence-corrected chi connectivity index (χ4v) is 2.61. The monoisotopic (exact) mass is 375 g/mol. The third kappa shape index (κ3) is 5.61. The van der Waals surface area contributed by atoms with Gasteiger partial charge in [0.05, 0.1) is 12.2 Å². The second-order valence-corrected chi connectivity index (χ2v) is 6.95. The molecule has 1 amide bonds. The summed E-state index contributed by atoms with van der Waals surface area (Å²) in [6.45, 7) is 5.28. The van der Waals surface area contributed by atoms with Crippen LogP contribution in [0.25, 0.3) is 0 Å². The van der Waals surface area contributed by atoms with E-state index in [0.717, 1.165) is 11.3 Å². The summed E-state index contributed by atoms with van der Waals surface area (Å²) >= 11 is 0. The largest absolute Gasteiger partial charge is 0.493 e. The first-order chi connectivity index (χ1) is 13.6. The van der Waals surface area contributed by atoms with Crippen molar-refractivity contribution in [3.63, 3.8) is 0 Å². The molecule has 0 saturated heterocycles. The zero-order valence-electron chi connectivity index (χ0n) is 16.2. The number of carbonyl (C=O) groups excluding carboxylic acids is 1. The summed E-state index contributed by atoms with van der Waals surface area (Å²) in [6, 6.07) is 24.5. The van der Waals surface area contributed by atoms with E-state index in [9.17, 15) is 4.79 Å². The van der Waals surface area contributed by atoms with E-state index in [-0.39, 0.29) is 5.91 Å². The van der Waals surface area contributed by atoms with Crippen LogP contribution in [0.2, 0.25) is 0 Å². The van der Waals surface area contributed by atoms with E-state index in [0.29, 0.717) is 36.1 Å². The highest BCUT2D eigenvalue weighted by atomic mass is 16.5. The van der Waals surface area contributed by atoms with Crippen molar-refractivity contribution in [2.45, 2.75) is 20.5 Å². The molecule has 0 aliphatic carbocycles. The highest BCUT2D eigenvalue weighted by Gasteiger charge is 2.12. The molecule has 3 aromatic rings. The minimum Gasteiger partial charge on any atom is -0.493 e. The van der Waals surface area contributed by atoms with Crippen LogP contribution in [-0.4, -0.2) is 12.5 Å². The maximum Gasteiger partial charge on any atom is 0.259 e. The number of hydrogen-bond acceptors (Lipinski definition) is 3. The first-order valence-electron chi connectivity index (χ1n) is 9.42. The number of nitrogens with one attached hydrogen (secondary N) is 1. The Bertz CT molecular complexity index is 889. The Morgan fingerprint density at radius 2 is 1.54 bits per heavy atom. The van der Waals surface area contributed by atoms with Gasteiger partial charge in [0.15, 0.2) is 0 Å². The van der Waals surface area contributed by atoms with Gasteiger partial charge in [0, 0.05) is 5.69 Å². The van der Waals surface area contributed by atoms with Crippen LogP contribution in [0.1, 0.15) is 29.8 Å². The van der Waals surface area contributed by atoms with Crippen molar-refractivity contribution in [1.29, 1.82) is 0 Å². The molecule has 4 nitrogen and oxygen atoms in total. The molecule has 28 heavy (non-hydrogen) atoms. The predicted molar refractivity (Wildman–Crippen MR) is 112 cm³/mol. The number of hydrogen-bond donors (Lipinski definition) is 1. The molecule has 0 unspecified atom stereocenters. The lowest BCUT2D eigenvalue weighted by Gasteiger charge is -2.12. The first kappa shape index (κ1) is 19.5. The topological polar surface area (TPSA) is 47.6 Å². The second kappa shape index (κ2) is 9.60. The molecule has 0 atom stereocenters. The van der Waals surface area contributed by atoms with E-state index in [1.54, 1.807) is 12.1 Å². The van der Waals surface area contributed by atoms with Crippen LogP contribution in [0, 0.1) is 5.92 Å². The molecule has 0 bridgehead atoms. The first-order valence-corrected chi connectivity index (χ1v) is 9.42. The molecular formula is C24H25NO3. The lowest BCUT2D eigenvalue weighted by Crippen LogP contribution is -2.13. The van der Waals surface area contributed by atoms with Gasteiger partial charge in [-0.25, -0.2) is 0 Å². The summed E-state index contributed by atoms with van der Waals surface area (Å²) in [4.78, 5) is 12.7. The van der Waals surface area contributed by atoms with Crippen molar-refractivity contribution >= 4 is 11.6 Å². The highest BCUT2D eigenvalue weighted by molar-refractivity contribution is 6.06. The summed E-state index contributed by atoms with van der Waals surface area (Å²) in [7, 11) is 0. The van der Waals surface area contributed by atoms with Crippen LogP contribution in [0.3, 0.4) is 0 Å². The van der Waals surface area contributed by atoms with E-state index in [4.69, 9.17) is 9.47 Å². The summed E-state index contributed by atoms with van der Waals surface area (Å²) in [5, 5.41) is 2.91. The Labute approximate surface area is 166 Å². The van der Waals surface area contributed by atoms with Crippen molar-refractivity contribution in [2.75, 3.05) is 11.9 Å². The predicted octanol–water partition coefficient (Wildman–Crippen LogP) is 5.55. The Morgan fingerprint density at radius 3 is 2.25 bits per heavy atom. The van der Waals surface area contributed by atoms with Gasteiger partial charge in [-0.05, 0) is 47.9 Å². The zero-order valence-corrected chi connectivity index (χ0v) is 16.2. The number of para-hydroxylation sites is 1. The molecular weight excluding hydrogens is 350 g/mol. The zero-order chi connectivity index (χ0) is 19.8. The van der Waals surface area contributed by atoms with Crippen molar-refractivity contribution in [2.24, 2.45) is 5.92 Å². The van der Waals surface area contributed by atoms with Gasteiger partial charge in [-0.1, -0.05) is 56.3 Å². The second-order valence-electron chi connectivity index (χ2n) is 6.95. The summed E-state index contributed by atoms with van der Waals surface area (Å²) < 4.78 is 11.5. The fourth-order valence-electron chi connectivity index (χ4n) is 2.61. The standard InChI is InChI=1S/C24H25NO3/c1-18(2)16-27-21-14-12-20(13-15-21)25-24(26)22-10-6-7-11-23(22)28-17-19-8-4-3-5-9-19/h3-15,18H,16-17H2,1-2H3,(H,25,26). The van der Waals surface area contributed by atoms with Crippen molar-refractivity contribution < 1.29 is 14.3 Å². The smallest absolute Gasteiger partial charge is 0.259 e. The third-order valence-corrected chi connectivity index (χ3v) is 4.06. The molecule has 3 rings (SSSR count). The molecule has 0 fully saturated rings.